The van der Waals surface area contributed by atoms with Crippen LogP contribution in [0.25, 0.3) is 10.8 Å². The highest BCUT2D eigenvalue weighted by Crippen LogP contribution is 2.20. The molecule has 0 radical (unpaired) electrons. The van der Waals surface area contributed by atoms with Gasteiger partial charge in [-0.2, -0.15) is 0 Å². The third-order valence-corrected chi connectivity index (χ3v) is 3.12. The number of nitrogens with zero attached hydrogens (tertiary/aromatic N) is 1. The summed E-state index contributed by atoms with van der Waals surface area (Å²) in [5.41, 5.74) is 2.06. The van der Waals surface area contributed by atoms with Gasteiger partial charge in [-0.05, 0) is 18.4 Å². The van der Waals surface area contributed by atoms with E-state index in [9.17, 15) is 4.79 Å². The van der Waals surface area contributed by atoms with Crippen LogP contribution in [0.2, 0.25) is 0 Å². The highest BCUT2D eigenvalue weighted by molar-refractivity contribution is 8.93. The molecule has 0 aliphatic carbocycles. The zero-order valence-corrected chi connectivity index (χ0v) is 12.8. The Bertz CT molecular complexity index is 753. The number of benzene rings is 2. The Morgan fingerprint density at radius 2 is 1.60 bits per heavy atom. The molecular formula is C17H14BrNO. The first-order valence-corrected chi connectivity index (χ1v) is 6.22. The Hall–Kier alpha value is -2.00. The van der Waals surface area contributed by atoms with Gasteiger partial charge in [0.05, 0.1) is 0 Å². The molecule has 1 aromatic heterocycles. The first-order valence-electron chi connectivity index (χ1n) is 6.22. The van der Waals surface area contributed by atoms with E-state index < -0.39 is 0 Å². The third-order valence-electron chi connectivity index (χ3n) is 3.12. The van der Waals surface area contributed by atoms with Crippen molar-refractivity contribution < 1.29 is 4.79 Å². The first kappa shape index (κ1) is 14.4. The van der Waals surface area contributed by atoms with Crippen molar-refractivity contribution in [3.63, 3.8) is 0 Å². The lowest BCUT2D eigenvalue weighted by molar-refractivity contribution is 0.103. The molecule has 0 saturated heterocycles. The molecule has 0 fully saturated rings. The number of pyridine rings is 1. The molecule has 3 aromatic rings. The number of halogens is 1. The fourth-order valence-electron chi connectivity index (χ4n) is 2.23. The van der Waals surface area contributed by atoms with E-state index in [1.165, 1.54) is 0 Å². The first-order chi connectivity index (χ1) is 9.25. The molecule has 0 unspecified atom stereocenters. The molecule has 2 nitrogen and oxygen atoms in total. The van der Waals surface area contributed by atoms with Crippen LogP contribution < -0.4 is 0 Å². The summed E-state index contributed by atoms with van der Waals surface area (Å²) in [6.45, 7) is 1.91. The molecule has 0 bridgehead atoms. The van der Waals surface area contributed by atoms with Crippen molar-refractivity contribution in [2.24, 2.45) is 0 Å². The second kappa shape index (κ2) is 5.97. The molecule has 2 aromatic carbocycles. The van der Waals surface area contributed by atoms with E-state index in [2.05, 4.69) is 4.98 Å². The van der Waals surface area contributed by atoms with Gasteiger partial charge < -0.3 is 0 Å². The summed E-state index contributed by atoms with van der Waals surface area (Å²) in [7, 11) is 0. The van der Waals surface area contributed by atoms with E-state index in [1.807, 2.05) is 67.6 Å². The van der Waals surface area contributed by atoms with Crippen molar-refractivity contribution in [1.29, 1.82) is 0 Å². The van der Waals surface area contributed by atoms with Gasteiger partial charge in [0.2, 0.25) is 5.78 Å². The van der Waals surface area contributed by atoms with E-state index in [-0.39, 0.29) is 22.8 Å². The van der Waals surface area contributed by atoms with Crippen LogP contribution in [0.4, 0.5) is 0 Å². The lowest BCUT2D eigenvalue weighted by atomic mass is 10.0. The molecule has 0 aliphatic heterocycles. The molecule has 0 spiro atoms. The van der Waals surface area contributed by atoms with Crippen LogP contribution in [0.5, 0.6) is 0 Å². The number of hydrogen-bond donors (Lipinski definition) is 0. The van der Waals surface area contributed by atoms with Crippen molar-refractivity contribution in [3.8, 4) is 0 Å². The van der Waals surface area contributed by atoms with Crippen LogP contribution in [0.3, 0.4) is 0 Å². The highest BCUT2D eigenvalue weighted by atomic mass is 79.9. The van der Waals surface area contributed by atoms with Gasteiger partial charge in [0, 0.05) is 16.6 Å². The van der Waals surface area contributed by atoms with Gasteiger partial charge in [-0.15, -0.1) is 17.0 Å². The molecule has 0 saturated carbocycles. The second-order valence-corrected chi connectivity index (χ2v) is 4.53. The van der Waals surface area contributed by atoms with Gasteiger partial charge in [0.15, 0.2) is 0 Å². The maximum atomic E-state index is 12.6. The number of carbonyl (C=O) groups is 1. The molecule has 0 N–H and O–H groups in total. The SMILES string of the molecule is Br.Cc1cc2ccccc2c(C(=O)c2ccccc2)n1. The minimum absolute atomic E-state index is 0. The molecule has 3 rings (SSSR count). The van der Waals surface area contributed by atoms with Crippen LogP contribution in [0.15, 0.2) is 60.7 Å². The molecule has 100 valence electrons. The van der Waals surface area contributed by atoms with E-state index in [4.69, 9.17) is 0 Å². The topological polar surface area (TPSA) is 30.0 Å². The normalized spacial score (nSPS) is 10.1. The maximum absolute atomic E-state index is 12.6. The lowest BCUT2D eigenvalue weighted by Gasteiger charge is -2.06. The fraction of sp³-hybridized carbons (Fsp3) is 0.0588. The molecule has 20 heavy (non-hydrogen) atoms. The lowest BCUT2D eigenvalue weighted by Crippen LogP contribution is -2.06. The standard InChI is InChI=1S/C17H13NO.BrH/c1-12-11-14-9-5-6-10-15(14)16(18-12)17(19)13-7-3-2-4-8-13;/h2-11H,1H3;1H. The van der Waals surface area contributed by atoms with Gasteiger partial charge in [-0.1, -0.05) is 54.6 Å². The van der Waals surface area contributed by atoms with Gasteiger partial charge in [0.1, 0.15) is 5.69 Å². The smallest absolute Gasteiger partial charge is 0.211 e. The monoisotopic (exact) mass is 327 g/mol. The summed E-state index contributed by atoms with van der Waals surface area (Å²) < 4.78 is 0. The zero-order chi connectivity index (χ0) is 13.2. The Balaban J connectivity index is 0.00000147. The quantitative estimate of drug-likeness (QED) is 0.655. The Labute approximate surface area is 128 Å². The van der Waals surface area contributed by atoms with Crippen LogP contribution in [-0.2, 0) is 0 Å². The van der Waals surface area contributed by atoms with Crippen LogP contribution >= 0.6 is 17.0 Å². The number of fused-ring (bicyclic) bond motifs is 1. The predicted molar refractivity (Wildman–Crippen MR) is 86.7 cm³/mol. The number of rotatable bonds is 2. The number of hydrogen-bond acceptors (Lipinski definition) is 2. The van der Waals surface area contributed by atoms with Gasteiger partial charge >= 0.3 is 0 Å². The molecule has 0 atom stereocenters. The van der Waals surface area contributed by atoms with Crippen molar-refractivity contribution in [2.45, 2.75) is 6.92 Å². The summed E-state index contributed by atoms with van der Waals surface area (Å²) >= 11 is 0. The van der Waals surface area contributed by atoms with Crippen LogP contribution in [0.1, 0.15) is 21.7 Å². The van der Waals surface area contributed by atoms with Gasteiger partial charge in [-0.25, -0.2) is 4.98 Å². The van der Waals surface area contributed by atoms with Crippen molar-refractivity contribution in [3.05, 3.63) is 77.6 Å². The van der Waals surface area contributed by atoms with E-state index >= 15 is 0 Å². The van der Waals surface area contributed by atoms with Crippen LogP contribution in [-0.4, -0.2) is 10.8 Å². The highest BCUT2D eigenvalue weighted by Gasteiger charge is 2.14. The minimum Gasteiger partial charge on any atom is -0.287 e. The largest absolute Gasteiger partial charge is 0.287 e. The van der Waals surface area contributed by atoms with Crippen molar-refractivity contribution in [1.82, 2.24) is 4.98 Å². The average Bonchev–Trinajstić information content (AvgIpc) is 2.46. The van der Waals surface area contributed by atoms with Gasteiger partial charge in [-0.3, -0.25) is 4.79 Å². The fourth-order valence-corrected chi connectivity index (χ4v) is 2.23. The van der Waals surface area contributed by atoms with Gasteiger partial charge in [0.25, 0.3) is 0 Å². The summed E-state index contributed by atoms with van der Waals surface area (Å²) in [5.74, 6) is -0.0273. The second-order valence-electron chi connectivity index (χ2n) is 4.53. The summed E-state index contributed by atoms with van der Waals surface area (Å²) in [4.78, 5) is 17.0. The van der Waals surface area contributed by atoms with Crippen molar-refractivity contribution >= 4 is 33.5 Å². The molecule has 3 heteroatoms. The van der Waals surface area contributed by atoms with E-state index in [0.29, 0.717) is 11.3 Å². The minimum atomic E-state index is -0.0273. The van der Waals surface area contributed by atoms with E-state index in [0.717, 1.165) is 16.5 Å². The Morgan fingerprint density at radius 1 is 0.950 bits per heavy atom. The summed E-state index contributed by atoms with van der Waals surface area (Å²) in [6, 6.07) is 19.1. The van der Waals surface area contributed by atoms with E-state index in [1.54, 1.807) is 0 Å². The van der Waals surface area contributed by atoms with Crippen molar-refractivity contribution in [2.75, 3.05) is 0 Å². The Kier molecular flexibility index (Phi) is 4.30. The molecule has 0 aliphatic rings. The zero-order valence-electron chi connectivity index (χ0n) is 11.0. The Morgan fingerprint density at radius 3 is 2.35 bits per heavy atom. The number of aryl methyl sites for hydroxylation is 1. The molecule has 0 amide bonds. The molecule has 1 heterocycles. The number of aromatic nitrogens is 1. The third kappa shape index (κ3) is 2.63. The maximum Gasteiger partial charge on any atom is 0.211 e. The van der Waals surface area contributed by atoms with Crippen LogP contribution in [0, 0.1) is 6.92 Å². The average molecular weight is 328 g/mol. The number of ketones is 1. The molecular weight excluding hydrogens is 314 g/mol. The number of carbonyl (C=O) groups excluding carboxylic acids is 1. The summed E-state index contributed by atoms with van der Waals surface area (Å²) in [5, 5.41) is 1.95. The predicted octanol–water partition coefficient (Wildman–Crippen LogP) is 4.35. The summed E-state index contributed by atoms with van der Waals surface area (Å²) in [6.07, 6.45) is 0.